The van der Waals surface area contributed by atoms with Crippen LogP contribution >= 0.6 is 0 Å². The molecule has 0 unspecified atom stereocenters. The van der Waals surface area contributed by atoms with Gasteiger partial charge in [-0.15, -0.1) is 0 Å². The van der Waals surface area contributed by atoms with Crippen molar-refractivity contribution in [2.75, 3.05) is 17.8 Å². The normalized spacial score (nSPS) is 16.9. The maximum atomic E-state index is 12.2. The first-order valence-corrected chi connectivity index (χ1v) is 7.96. The van der Waals surface area contributed by atoms with Crippen LogP contribution in [0, 0.1) is 6.92 Å². The van der Waals surface area contributed by atoms with Gasteiger partial charge in [0.2, 0.25) is 0 Å². The quantitative estimate of drug-likeness (QED) is 0.888. The van der Waals surface area contributed by atoms with Crippen LogP contribution in [0.5, 0.6) is 0 Å². The molecule has 0 aromatic heterocycles. The number of aryl methyl sites for hydroxylation is 1. The Labute approximate surface area is 118 Å². The molecular formula is C13H18N2O4S. The number of hydrogen-bond acceptors (Lipinski definition) is 3. The van der Waals surface area contributed by atoms with Crippen molar-refractivity contribution in [1.82, 2.24) is 4.31 Å². The highest BCUT2D eigenvalue weighted by Gasteiger charge is 2.24. The van der Waals surface area contributed by atoms with Crippen LogP contribution in [0.2, 0.25) is 0 Å². The van der Waals surface area contributed by atoms with E-state index in [2.05, 4.69) is 4.72 Å². The van der Waals surface area contributed by atoms with E-state index in [1.165, 1.54) is 10.4 Å². The minimum absolute atomic E-state index is 0.101. The average Bonchev–Trinajstić information content (AvgIpc) is 2.41. The van der Waals surface area contributed by atoms with Crippen molar-refractivity contribution in [2.24, 2.45) is 0 Å². The Balaban J connectivity index is 2.20. The van der Waals surface area contributed by atoms with Crippen molar-refractivity contribution in [1.29, 1.82) is 0 Å². The van der Waals surface area contributed by atoms with Gasteiger partial charge in [-0.25, -0.2) is 4.79 Å². The van der Waals surface area contributed by atoms with Gasteiger partial charge in [0.15, 0.2) is 0 Å². The van der Waals surface area contributed by atoms with Crippen molar-refractivity contribution in [2.45, 2.75) is 26.2 Å². The smallest absolute Gasteiger partial charge is 0.336 e. The van der Waals surface area contributed by atoms with E-state index < -0.39 is 16.2 Å². The molecule has 2 rings (SSSR count). The second kappa shape index (κ2) is 5.80. The zero-order valence-electron chi connectivity index (χ0n) is 11.3. The summed E-state index contributed by atoms with van der Waals surface area (Å²) >= 11 is 0. The Morgan fingerprint density at radius 3 is 2.50 bits per heavy atom. The van der Waals surface area contributed by atoms with E-state index in [1.54, 1.807) is 19.1 Å². The summed E-state index contributed by atoms with van der Waals surface area (Å²) in [6.07, 6.45) is 2.75. The summed E-state index contributed by atoms with van der Waals surface area (Å²) in [6.45, 7) is 2.69. The summed E-state index contributed by atoms with van der Waals surface area (Å²) in [5.74, 6) is -1.07. The molecule has 0 spiro atoms. The molecular weight excluding hydrogens is 280 g/mol. The number of benzene rings is 1. The summed E-state index contributed by atoms with van der Waals surface area (Å²) in [5.41, 5.74) is 0.973. The highest BCUT2D eigenvalue weighted by molar-refractivity contribution is 7.90. The molecule has 2 N–H and O–H groups in total. The molecule has 1 aromatic carbocycles. The monoisotopic (exact) mass is 298 g/mol. The number of carboxylic acids is 1. The first-order chi connectivity index (χ1) is 9.40. The molecule has 0 aliphatic carbocycles. The number of nitrogens with one attached hydrogen (secondary N) is 1. The third kappa shape index (κ3) is 3.29. The first kappa shape index (κ1) is 14.8. The van der Waals surface area contributed by atoms with Crippen LogP contribution in [0.25, 0.3) is 0 Å². The van der Waals surface area contributed by atoms with Gasteiger partial charge in [0, 0.05) is 13.1 Å². The zero-order chi connectivity index (χ0) is 14.8. The Kier molecular flexibility index (Phi) is 4.29. The topological polar surface area (TPSA) is 86.7 Å². The Hall–Kier alpha value is -1.60. The maximum Gasteiger partial charge on any atom is 0.336 e. The summed E-state index contributed by atoms with van der Waals surface area (Å²) in [6, 6.07) is 4.51. The largest absolute Gasteiger partial charge is 0.478 e. The Morgan fingerprint density at radius 2 is 1.90 bits per heavy atom. The number of carbonyl (C=O) groups is 1. The molecule has 0 radical (unpaired) electrons. The fourth-order valence-corrected chi connectivity index (χ4v) is 3.53. The van der Waals surface area contributed by atoms with Crippen molar-refractivity contribution < 1.29 is 18.3 Å². The third-order valence-electron chi connectivity index (χ3n) is 3.37. The molecule has 1 fully saturated rings. The molecule has 1 aliphatic rings. The molecule has 0 saturated carbocycles. The molecule has 1 saturated heterocycles. The highest BCUT2D eigenvalue weighted by Crippen LogP contribution is 2.19. The average molecular weight is 298 g/mol. The fourth-order valence-electron chi connectivity index (χ4n) is 2.23. The van der Waals surface area contributed by atoms with Crippen molar-refractivity contribution >= 4 is 21.9 Å². The van der Waals surface area contributed by atoms with E-state index in [9.17, 15) is 13.2 Å². The molecule has 1 aliphatic heterocycles. The van der Waals surface area contributed by atoms with Gasteiger partial charge in [-0.05, 0) is 37.5 Å². The van der Waals surface area contributed by atoms with Crippen LogP contribution in [0.3, 0.4) is 0 Å². The van der Waals surface area contributed by atoms with Crippen LogP contribution in [0.1, 0.15) is 35.2 Å². The van der Waals surface area contributed by atoms with E-state index in [4.69, 9.17) is 5.11 Å². The van der Waals surface area contributed by atoms with E-state index >= 15 is 0 Å². The highest BCUT2D eigenvalue weighted by atomic mass is 32.2. The van der Waals surface area contributed by atoms with E-state index in [-0.39, 0.29) is 11.3 Å². The molecule has 7 heteroatoms. The minimum atomic E-state index is -3.60. The van der Waals surface area contributed by atoms with Crippen LogP contribution < -0.4 is 4.72 Å². The lowest BCUT2D eigenvalue weighted by Gasteiger charge is -2.26. The second-order valence-electron chi connectivity index (χ2n) is 4.90. The predicted molar refractivity (Wildman–Crippen MR) is 76.1 cm³/mol. The summed E-state index contributed by atoms with van der Waals surface area (Å²) in [5, 5.41) is 9.05. The molecule has 0 amide bonds. The second-order valence-corrected chi connectivity index (χ2v) is 6.57. The SMILES string of the molecule is Cc1ccc(NS(=O)(=O)N2CCCCC2)cc1C(=O)O. The van der Waals surface area contributed by atoms with Gasteiger partial charge in [0.1, 0.15) is 0 Å². The third-order valence-corrected chi connectivity index (χ3v) is 4.91. The lowest BCUT2D eigenvalue weighted by molar-refractivity contribution is 0.0696. The predicted octanol–water partition coefficient (Wildman–Crippen LogP) is 1.84. The molecule has 6 nitrogen and oxygen atoms in total. The van der Waals surface area contributed by atoms with Crippen LogP contribution in [-0.4, -0.2) is 36.9 Å². The number of hydrogen-bond donors (Lipinski definition) is 2. The van der Waals surface area contributed by atoms with Gasteiger partial charge >= 0.3 is 16.2 Å². The number of nitrogens with zero attached hydrogens (tertiary/aromatic N) is 1. The number of aromatic carboxylic acids is 1. The van der Waals surface area contributed by atoms with Gasteiger partial charge in [-0.2, -0.15) is 12.7 Å². The zero-order valence-corrected chi connectivity index (χ0v) is 12.1. The van der Waals surface area contributed by atoms with Crippen LogP contribution in [-0.2, 0) is 10.2 Å². The van der Waals surface area contributed by atoms with Gasteiger partial charge in [0.05, 0.1) is 11.3 Å². The van der Waals surface area contributed by atoms with Gasteiger partial charge in [-0.3, -0.25) is 4.72 Å². The van der Waals surface area contributed by atoms with Crippen molar-refractivity contribution in [3.05, 3.63) is 29.3 Å². The number of anilines is 1. The summed E-state index contributed by atoms with van der Waals surface area (Å²) in [4.78, 5) is 11.1. The van der Waals surface area contributed by atoms with Gasteiger partial charge < -0.3 is 5.11 Å². The summed E-state index contributed by atoms with van der Waals surface area (Å²) < 4.78 is 28.2. The molecule has 1 aromatic rings. The van der Waals surface area contributed by atoms with Gasteiger partial charge in [0.25, 0.3) is 0 Å². The van der Waals surface area contributed by atoms with E-state index in [0.29, 0.717) is 18.7 Å². The number of rotatable bonds is 4. The van der Waals surface area contributed by atoms with Gasteiger partial charge in [-0.1, -0.05) is 12.5 Å². The van der Waals surface area contributed by atoms with E-state index in [0.717, 1.165) is 19.3 Å². The Morgan fingerprint density at radius 1 is 1.25 bits per heavy atom. The standard InChI is InChI=1S/C13H18N2O4S/c1-10-5-6-11(9-12(10)13(16)17)14-20(18,19)15-7-3-2-4-8-15/h5-6,9,14H,2-4,7-8H2,1H3,(H,16,17). The minimum Gasteiger partial charge on any atom is -0.478 e. The first-order valence-electron chi connectivity index (χ1n) is 6.52. The van der Waals surface area contributed by atoms with Crippen LogP contribution in [0.4, 0.5) is 5.69 Å². The molecule has 0 bridgehead atoms. The lowest BCUT2D eigenvalue weighted by Crippen LogP contribution is -2.39. The van der Waals surface area contributed by atoms with Crippen molar-refractivity contribution in [3.63, 3.8) is 0 Å². The van der Waals surface area contributed by atoms with Crippen LogP contribution in [0.15, 0.2) is 18.2 Å². The van der Waals surface area contributed by atoms with Crippen molar-refractivity contribution in [3.8, 4) is 0 Å². The number of carboxylic acid groups (broad SMARTS) is 1. The molecule has 0 atom stereocenters. The van der Waals surface area contributed by atoms with E-state index in [1.807, 2.05) is 0 Å². The molecule has 20 heavy (non-hydrogen) atoms. The molecule has 110 valence electrons. The lowest BCUT2D eigenvalue weighted by atomic mass is 10.1. The summed E-state index contributed by atoms with van der Waals surface area (Å²) in [7, 11) is -3.60. The molecule has 1 heterocycles. The fraction of sp³-hybridized carbons (Fsp3) is 0.462. The maximum absolute atomic E-state index is 12.2. The number of piperidine rings is 1. The Bertz CT molecular complexity index is 607.